The van der Waals surface area contributed by atoms with E-state index in [1.807, 2.05) is 0 Å². The lowest BCUT2D eigenvalue weighted by atomic mass is 9.82. The minimum absolute atomic E-state index is 0.0626. The van der Waals surface area contributed by atoms with Gasteiger partial charge in [0.05, 0.1) is 6.61 Å². The van der Waals surface area contributed by atoms with Crippen LogP contribution in [0.1, 0.15) is 74.1 Å². The van der Waals surface area contributed by atoms with Crippen LogP contribution in [0.3, 0.4) is 0 Å². The molecule has 2 heteroatoms. The predicted molar refractivity (Wildman–Crippen MR) is 86.6 cm³/mol. The van der Waals surface area contributed by atoms with E-state index in [0.717, 1.165) is 19.3 Å². The Kier molecular flexibility index (Phi) is 8.15. The maximum atomic E-state index is 11.6. The van der Waals surface area contributed by atoms with Crippen molar-refractivity contribution in [3.05, 3.63) is 12.2 Å². The van der Waals surface area contributed by atoms with E-state index in [4.69, 9.17) is 4.74 Å². The van der Waals surface area contributed by atoms with Crippen molar-refractivity contribution in [1.29, 1.82) is 0 Å². The third-order valence-corrected chi connectivity index (χ3v) is 3.68. The van der Waals surface area contributed by atoms with Crippen LogP contribution in [0.15, 0.2) is 12.2 Å². The number of esters is 1. The van der Waals surface area contributed by atoms with Gasteiger partial charge in [-0.1, -0.05) is 60.6 Å². The average Bonchev–Trinajstić information content (AvgIpc) is 2.34. The molecular formula is C18H34O2. The molecule has 0 aromatic rings. The van der Waals surface area contributed by atoms with E-state index < -0.39 is 0 Å². The molecule has 0 saturated carbocycles. The number of carbonyl (C=O) groups excluding carboxylic acids is 1. The summed E-state index contributed by atoms with van der Waals surface area (Å²) in [5, 5.41) is 0. The third kappa shape index (κ3) is 10.1. The zero-order valence-corrected chi connectivity index (χ0v) is 14.6. The van der Waals surface area contributed by atoms with Crippen molar-refractivity contribution in [2.45, 2.75) is 74.1 Å². The van der Waals surface area contributed by atoms with E-state index in [1.165, 1.54) is 0 Å². The zero-order chi connectivity index (χ0) is 15.8. The number of carbonyl (C=O) groups is 1. The minimum atomic E-state index is -0.0626. The highest BCUT2D eigenvalue weighted by Crippen LogP contribution is 2.29. The minimum Gasteiger partial charge on any atom is -0.465 e. The van der Waals surface area contributed by atoms with E-state index in [9.17, 15) is 4.79 Å². The van der Waals surface area contributed by atoms with Gasteiger partial charge in [0.15, 0.2) is 0 Å². The second-order valence-electron chi connectivity index (χ2n) is 7.59. The maximum absolute atomic E-state index is 11.6. The lowest BCUT2D eigenvalue weighted by Gasteiger charge is -2.24. The van der Waals surface area contributed by atoms with Crippen molar-refractivity contribution < 1.29 is 9.53 Å². The Bertz CT molecular complexity index is 311. The van der Waals surface area contributed by atoms with Crippen LogP contribution >= 0.6 is 0 Å². The van der Waals surface area contributed by atoms with Gasteiger partial charge in [0, 0.05) is 6.42 Å². The Hall–Kier alpha value is -0.790. The van der Waals surface area contributed by atoms with Crippen LogP contribution in [0.5, 0.6) is 0 Å². The number of hydrogen-bond donors (Lipinski definition) is 0. The molecular weight excluding hydrogens is 248 g/mol. The average molecular weight is 282 g/mol. The largest absolute Gasteiger partial charge is 0.465 e. The molecule has 0 fully saturated rings. The van der Waals surface area contributed by atoms with Gasteiger partial charge in [-0.3, -0.25) is 4.79 Å². The summed E-state index contributed by atoms with van der Waals surface area (Å²) in [6.45, 7) is 15.8. The first kappa shape index (κ1) is 19.2. The summed E-state index contributed by atoms with van der Waals surface area (Å²) in [5.74, 6) is 0.349. The highest BCUT2D eigenvalue weighted by molar-refractivity contribution is 5.69. The molecule has 118 valence electrons. The molecule has 2 nitrogen and oxygen atoms in total. The van der Waals surface area contributed by atoms with Crippen LogP contribution in [0, 0.1) is 16.7 Å². The summed E-state index contributed by atoms with van der Waals surface area (Å²) in [6.07, 6.45) is 8.18. The van der Waals surface area contributed by atoms with Crippen LogP contribution in [0.25, 0.3) is 0 Å². The first-order valence-electron chi connectivity index (χ1n) is 7.94. The molecule has 0 atom stereocenters. The normalized spacial score (nSPS) is 13.2. The molecule has 0 heterocycles. The number of ether oxygens (including phenoxy) is 1. The Morgan fingerprint density at radius 2 is 1.65 bits per heavy atom. The summed E-state index contributed by atoms with van der Waals surface area (Å²) in [4.78, 5) is 11.6. The third-order valence-electron chi connectivity index (χ3n) is 3.68. The molecule has 0 aromatic heterocycles. The van der Waals surface area contributed by atoms with Gasteiger partial charge < -0.3 is 4.74 Å². The second kappa shape index (κ2) is 8.49. The summed E-state index contributed by atoms with van der Waals surface area (Å²) in [5.41, 5.74) is 0.401. The van der Waals surface area contributed by atoms with Crippen molar-refractivity contribution in [3.8, 4) is 0 Å². The molecule has 0 bridgehead atoms. The zero-order valence-electron chi connectivity index (χ0n) is 14.6. The summed E-state index contributed by atoms with van der Waals surface area (Å²) in [6, 6.07) is 0. The highest BCUT2D eigenvalue weighted by atomic mass is 16.5. The highest BCUT2D eigenvalue weighted by Gasteiger charge is 2.17. The Balaban J connectivity index is 4.08. The van der Waals surface area contributed by atoms with Gasteiger partial charge in [-0.05, 0) is 36.0 Å². The fourth-order valence-electron chi connectivity index (χ4n) is 1.67. The predicted octanol–water partition coefficient (Wildman–Crippen LogP) is 5.37. The van der Waals surface area contributed by atoms with Crippen LogP contribution in [0.2, 0.25) is 0 Å². The first-order chi connectivity index (χ1) is 9.08. The molecule has 0 aromatic carbocycles. The van der Waals surface area contributed by atoms with Crippen molar-refractivity contribution in [1.82, 2.24) is 0 Å². The van der Waals surface area contributed by atoms with Gasteiger partial charge in [0.2, 0.25) is 0 Å². The topological polar surface area (TPSA) is 26.3 Å². The van der Waals surface area contributed by atoms with Crippen molar-refractivity contribution >= 4 is 5.97 Å². The Labute approximate surface area is 126 Å². The monoisotopic (exact) mass is 282 g/mol. The molecule has 20 heavy (non-hydrogen) atoms. The van der Waals surface area contributed by atoms with Gasteiger partial charge >= 0.3 is 5.97 Å². The fraction of sp³-hybridized carbons (Fsp3) is 0.833. The van der Waals surface area contributed by atoms with Gasteiger partial charge in [0.25, 0.3) is 0 Å². The Morgan fingerprint density at radius 1 is 1.10 bits per heavy atom. The van der Waals surface area contributed by atoms with E-state index in [1.54, 1.807) is 0 Å². The lowest BCUT2D eigenvalue weighted by Crippen LogP contribution is -2.13. The van der Waals surface area contributed by atoms with Crippen molar-refractivity contribution in [2.24, 2.45) is 16.7 Å². The van der Waals surface area contributed by atoms with E-state index in [0.29, 0.717) is 18.9 Å². The Morgan fingerprint density at radius 3 is 2.15 bits per heavy atom. The quantitative estimate of drug-likeness (QED) is 0.419. The molecule has 0 aliphatic rings. The molecule has 0 aliphatic heterocycles. The summed E-state index contributed by atoms with van der Waals surface area (Å²) >= 11 is 0. The smallest absolute Gasteiger partial charge is 0.305 e. The number of allylic oxidation sites excluding steroid dienone is 2. The molecule has 0 rings (SSSR count). The van der Waals surface area contributed by atoms with Crippen molar-refractivity contribution in [3.63, 3.8) is 0 Å². The van der Waals surface area contributed by atoms with Crippen LogP contribution in [-0.2, 0) is 9.53 Å². The van der Waals surface area contributed by atoms with E-state index in [2.05, 4.69) is 60.6 Å². The fourth-order valence-corrected chi connectivity index (χ4v) is 1.67. The molecule has 0 radical (unpaired) electrons. The van der Waals surface area contributed by atoms with Crippen LogP contribution in [-0.4, -0.2) is 12.6 Å². The summed E-state index contributed by atoms with van der Waals surface area (Å²) < 4.78 is 5.19. The molecule has 0 unspecified atom stereocenters. The SMILES string of the molecule is CCC(C)(C)/C=C\C(C)(C)CCCC(=O)OCC(C)C. The van der Waals surface area contributed by atoms with Gasteiger partial charge in [0.1, 0.15) is 0 Å². The van der Waals surface area contributed by atoms with E-state index >= 15 is 0 Å². The molecule has 0 amide bonds. The lowest BCUT2D eigenvalue weighted by molar-refractivity contribution is -0.144. The summed E-state index contributed by atoms with van der Waals surface area (Å²) in [7, 11) is 0. The molecule has 0 spiro atoms. The van der Waals surface area contributed by atoms with Crippen molar-refractivity contribution in [2.75, 3.05) is 6.61 Å². The first-order valence-corrected chi connectivity index (χ1v) is 7.94. The molecule has 0 N–H and O–H groups in total. The van der Waals surface area contributed by atoms with Gasteiger partial charge in [-0.15, -0.1) is 0 Å². The molecule has 0 saturated heterocycles. The van der Waals surface area contributed by atoms with Crippen LogP contribution in [0.4, 0.5) is 0 Å². The number of rotatable bonds is 9. The van der Waals surface area contributed by atoms with Gasteiger partial charge in [-0.25, -0.2) is 0 Å². The maximum Gasteiger partial charge on any atom is 0.305 e. The second-order valence-corrected chi connectivity index (χ2v) is 7.59. The standard InChI is InChI=1S/C18H34O2/c1-8-17(4,5)12-13-18(6,7)11-9-10-16(19)20-14-15(2)3/h12-13,15H,8-11,14H2,1-7H3/b13-12-. The van der Waals surface area contributed by atoms with E-state index in [-0.39, 0.29) is 16.8 Å². The van der Waals surface area contributed by atoms with Crippen LogP contribution < -0.4 is 0 Å². The van der Waals surface area contributed by atoms with Gasteiger partial charge in [-0.2, -0.15) is 0 Å². The number of hydrogen-bond acceptors (Lipinski definition) is 2. The molecule has 0 aliphatic carbocycles.